The van der Waals surface area contributed by atoms with Crippen LogP contribution in [0.25, 0.3) is 0 Å². The number of benzene rings is 1. The fourth-order valence-corrected chi connectivity index (χ4v) is 2.52. The lowest BCUT2D eigenvalue weighted by Crippen LogP contribution is -2.16. The van der Waals surface area contributed by atoms with Crippen LogP contribution in [0.2, 0.25) is 0 Å². The van der Waals surface area contributed by atoms with Crippen LogP contribution in [0.4, 0.5) is 0 Å². The maximum absolute atomic E-state index is 8.70. The Morgan fingerprint density at radius 3 is 2.50 bits per heavy atom. The van der Waals surface area contributed by atoms with Crippen LogP contribution in [0.5, 0.6) is 11.5 Å². The van der Waals surface area contributed by atoms with Crippen LogP contribution in [-0.4, -0.2) is 24.3 Å². The molecule has 0 atom stereocenters. The average Bonchev–Trinajstić information content (AvgIpc) is 2.75. The van der Waals surface area contributed by atoms with Gasteiger partial charge in [-0.1, -0.05) is 18.0 Å². The fourth-order valence-electron chi connectivity index (χ4n) is 2.52. The number of hydrogen-bond acceptors (Lipinski definition) is 4. The van der Waals surface area contributed by atoms with Crippen LogP contribution in [0.1, 0.15) is 44.1 Å². The Balaban J connectivity index is 2.14. The molecular formula is C15H22N2O3. The lowest BCUT2D eigenvalue weighted by atomic mass is 10.1. The monoisotopic (exact) mass is 278 g/mol. The van der Waals surface area contributed by atoms with E-state index in [1.807, 2.05) is 6.07 Å². The van der Waals surface area contributed by atoms with Crippen molar-refractivity contribution in [1.29, 1.82) is 0 Å². The van der Waals surface area contributed by atoms with Crippen molar-refractivity contribution in [2.24, 2.45) is 10.9 Å². The molecule has 20 heavy (non-hydrogen) atoms. The van der Waals surface area contributed by atoms with Crippen LogP contribution >= 0.6 is 0 Å². The normalized spacial score (nSPS) is 17.6. The molecule has 1 aromatic carbocycles. The maximum Gasteiger partial charge on any atom is 0.170 e. The Morgan fingerprint density at radius 2 is 1.90 bits per heavy atom. The van der Waals surface area contributed by atoms with E-state index in [1.165, 1.54) is 25.7 Å². The highest BCUT2D eigenvalue weighted by Gasteiger charge is 2.16. The summed E-state index contributed by atoms with van der Waals surface area (Å²) in [5.41, 5.74) is 6.19. The Bertz CT molecular complexity index is 466. The van der Waals surface area contributed by atoms with Crippen molar-refractivity contribution in [2.45, 2.75) is 44.6 Å². The third kappa shape index (κ3) is 3.56. The van der Waals surface area contributed by atoms with Gasteiger partial charge in [-0.3, -0.25) is 0 Å². The first-order valence-corrected chi connectivity index (χ1v) is 7.07. The van der Waals surface area contributed by atoms with Crippen LogP contribution in [0.3, 0.4) is 0 Å². The smallest absolute Gasteiger partial charge is 0.170 e. The molecule has 0 unspecified atom stereocenters. The summed E-state index contributed by atoms with van der Waals surface area (Å²) >= 11 is 0. The van der Waals surface area contributed by atoms with Gasteiger partial charge in [0.25, 0.3) is 0 Å². The molecule has 0 radical (unpaired) electrons. The third-order valence-electron chi connectivity index (χ3n) is 3.66. The second kappa shape index (κ2) is 7.03. The van der Waals surface area contributed by atoms with Crippen LogP contribution in [0, 0.1) is 0 Å². The minimum atomic E-state index is 0.0596. The van der Waals surface area contributed by atoms with Crippen molar-refractivity contribution >= 4 is 5.84 Å². The molecule has 0 spiro atoms. The Kier molecular flexibility index (Phi) is 5.09. The van der Waals surface area contributed by atoms with Gasteiger partial charge in [0.1, 0.15) is 0 Å². The number of ether oxygens (including phenoxy) is 2. The van der Waals surface area contributed by atoms with Gasteiger partial charge in [0.05, 0.1) is 13.2 Å². The zero-order valence-corrected chi connectivity index (χ0v) is 11.8. The van der Waals surface area contributed by atoms with Crippen molar-refractivity contribution in [3.8, 4) is 11.5 Å². The van der Waals surface area contributed by atoms with Crippen molar-refractivity contribution in [3.63, 3.8) is 0 Å². The van der Waals surface area contributed by atoms with Crippen molar-refractivity contribution in [1.82, 2.24) is 0 Å². The van der Waals surface area contributed by atoms with Gasteiger partial charge in [-0.15, -0.1) is 0 Å². The van der Waals surface area contributed by atoms with Gasteiger partial charge in [0.2, 0.25) is 0 Å². The van der Waals surface area contributed by atoms with Crippen molar-refractivity contribution < 1.29 is 14.7 Å². The van der Waals surface area contributed by atoms with E-state index >= 15 is 0 Å². The predicted molar refractivity (Wildman–Crippen MR) is 77.6 cm³/mol. The number of oxime groups is 1. The Hall–Kier alpha value is -1.91. The molecule has 0 aromatic heterocycles. The van der Waals surface area contributed by atoms with Gasteiger partial charge in [0.15, 0.2) is 17.3 Å². The summed E-state index contributed by atoms with van der Waals surface area (Å²) in [6.07, 6.45) is 7.44. The first-order valence-electron chi connectivity index (χ1n) is 7.07. The molecule has 2 rings (SSSR count). The van der Waals surface area contributed by atoms with E-state index in [1.54, 1.807) is 19.2 Å². The van der Waals surface area contributed by atoms with E-state index in [0.717, 1.165) is 12.8 Å². The van der Waals surface area contributed by atoms with Gasteiger partial charge in [-0.05, 0) is 43.9 Å². The quantitative estimate of drug-likeness (QED) is 0.292. The molecule has 1 aromatic rings. The topological polar surface area (TPSA) is 77.1 Å². The van der Waals surface area contributed by atoms with Crippen molar-refractivity contribution in [3.05, 3.63) is 23.8 Å². The number of nitrogens with two attached hydrogens (primary N) is 1. The summed E-state index contributed by atoms with van der Waals surface area (Å²) in [5.74, 6) is 1.39. The first-order chi connectivity index (χ1) is 9.74. The number of rotatable bonds is 4. The van der Waals surface area contributed by atoms with Crippen molar-refractivity contribution in [2.75, 3.05) is 7.11 Å². The number of nitrogens with zero attached hydrogens (tertiary/aromatic N) is 1. The zero-order chi connectivity index (χ0) is 14.4. The molecular weight excluding hydrogens is 256 g/mol. The Morgan fingerprint density at radius 1 is 1.20 bits per heavy atom. The third-order valence-corrected chi connectivity index (χ3v) is 3.66. The molecule has 0 aliphatic heterocycles. The summed E-state index contributed by atoms with van der Waals surface area (Å²) in [6, 6.07) is 5.31. The second-order valence-corrected chi connectivity index (χ2v) is 5.08. The molecule has 1 aliphatic rings. The molecule has 5 nitrogen and oxygen atoms in total. The van der Waals surface area contributed by atoms with Gasteiger partial charge in [-0.2, -0.15) is 0 Å². The Labute approximate surface area is 119 Å². The minimum absolute atomic E-state index is 0.0596. The van der Waals surface area contributed by atoms with Gasteiger partial charge in [-0.25, -0.2) is 0 Å². The molecule has 0 saturated heterocycles. The van der Waals surface area contributed by atoms with E-state index in [2.05, 4.69) is 5.16 Å². The summed E-state index contributed by atoms with van der Waals surface area (Å²) in [5, 5.41) is 11.7. The lowest BCUT2D eigenvalue weighted by Gasteiger charge is -2.19. The molecule has 0 heterocycles. The van der Waals surface area contributed by atoms with E-state index in [-0.39, 0.29) is 11.9 Å². The van der Waals surface area contributed by atoms with Crippen LogP contribution in [-0.2, 0) is 0 Å². The molecule has 5 heteroatoms. The number of amidine groups is 1. The molecule has 0 amide bonds. The van der Waals surface area contributed by atoms with Gasteiger partial charge in [0, 0.05) is 5.56 Å². The number of methoxy groups -OCH3 is 1. The van der Waals surface area contributed by atoms with Crippen LogP contribution < -0.4 is 15.2 Å². The summed E-state index contributed by atoms with van der Waals surface area (Å²) in [7, 11) is 1.59. The SMILES string of the molecule is COc1cc(/C(N)=N/O)ccc1OC1CCCCCC1. The standard InChI is InChI=1S/C15H22N2O3/c1-19-14-10-11(15(16)17-18)8-9-13(14)20-12-6-4-2-3-5-7-12/h8-10,12,18H,2-7H2,1H3,(H2,16,17). The first kappa shape index (κ1) is 14.5. The van der Waals surface area contributed by atoms with Gasteiger partial charge < -0.3 is 20.4 Å². The highest BCUT2D eigenvalue weighted by Crippen LogP contribution is 2.31. The molecule has 1 aliphatic carbocycles. The van der Waals surface area contributed by atoms with E-state index in [0.29, 0.717) is 17.1 Å². The highest BCUT2D eigenvalue weighted by molar-refractivity contribution is 5.97. The zero-order valence-electron chi connectivity index (χ0n) is 11.8. The largest absolute Gasteiger partial charge is 0.493 e. The minimum Gasteiger partial charge on any atom is -0.493 e. The number of hydrogen-bond donors (Lipinski definition) is 2. The molecule has 110 valence electrons. The second-order valence-electron chi connectivity index (χ2n) is 5.08. The maximum atomic E-state index is 8.70. The highest BCUT2D eigenvalue weighted by atomic mass is 16.5. The van der Waals surface area contributed by atoms with E-state index in [9.17, 15) is 0 Å². The average molecular weight is 278 g/mol. The van der Waals surface area contributed by atoms with Crippen LogP contribution in [0.15, 0.2) is 23.4 Å². The summed E-state index contributed by atoms with van der Waals surface area (Å²) < 4.78 is 11.4. The van der Waals surface area contributed by atoms with E-state index < -0.39 is 0 Å². The predicted octanol–water partition coefficient (Wildman–Crippen LogP) is 2.89. The molecule has 3 N–H and O–H groups in total. The molecule has 1 saturated carbocycles. The lowest BCUT2D eigenvalue weighted by molar-refractivity contribution is 0.176. The summed E-state index contributed by atoms with van der Waals surface area (Å²) in [4.78, 5) is 0. The summed E-state index contributed by atoms with van der Waals surface area (Å²) in [6.45, 7) is 0. The molecule has 0 bridgehead atoms. The fraction of sp³-hybridized carbons (Fsp3) is 0.533. The van der Waals surface area contributed by atoms with Gasteiger partial charge >= 0.3 is 0 Å². The molecule has 1 fully saturated rings. The van der Waals surface area contributed by atoms with E-state index in [4.69, 9.17) is 20.4 Å².